The summed E-state index contributed by atoms with van der Waals surface area (Å²) in [6, 6.07) is 5.70. The van der Waals surface area contributed by atoms with Crippen molar-refractivity contribution < 1.29 is 129 Å². The molecule has 0 atom stereocenters. The van der Waals surface area contributed by atoms with Gasteiger partial charge in [0.25, 0.3) is 0 Å². The second-order valence-corrected chi connectivity index (χ2v) is 1.78. The van der Waals surface area contributed by atoms with Crippen molar-refractivity contribution in [3.8, 4) is 11.5 Å². The molecule has 9 heteroatoms. The number of phenols is 2. The molecule has 0 unspecified atom stereocenters. The third kappa shape index (κ3) is 24.4. The van der Waals surface area contributed by atoms with Gasteiger partial charge in [0, 0.05) is 0 Å². The van der Waals surface area contributed by atoms with Crippen LogP contribution < -0.4 is 103 Å². The minimum absolute atomic E-state index is 0. The molecule has 82 valence electrons. The molecule has 0 aliphatic carbocycles. The van der Waals surface area contributed by atoms with Crippen molar-refractivity contribution in [3.63, 3.8) is 0 Å². The Labute approximate surface area is 167 Å². The Kier molecular flexibility index (Phi) is 35.1. The fourth-order valence-corrected chi connectivity index (χ4v) is 0.453. The van der Waals surface area contributed by atoms with Crippen LogP contribution in [-0.2, 0) is 0 Å². The van der Waals surface area contributed by atoms with Gasteiger partial charge in [-0.3, -0.25) is 0 Å². The van der Waals surface area contributed by atoms with E-state index in [1.807, 2.05) is 0 Å². The van der Waals surface area contributed by atoms with Crippen LogP contribution in [-0.4, -0.2) is 27.0 Å². The second kappa shape index (κ2) is 18.5. The number of hydrogen-bond donors (Lipinski definition) is 3. The summed E-state index contributed by atoms with van der Waals surface area (Å²) < 4.78 is 0. The normalized spacial score (nSPS) is 6.00. The fourth-order valence-electron chi connectivity index (χ4n) is 0.453. The molecule has 1 rings (SSSR count). The number of rotatable bonds is 0. The number of benzene rings is 1. The minimum atomic E-state index is -2.08. The van der Waals surface area contributed by atoms with E-state index in [4.69, 9.17) is 25.2 Å². The number of carboxylic acid groups (broad SMARTS) is 2. The maximum Gasteiger partial charge on any atom is 1.00 e. The minimum Gasteiger partial charge on any atom is -1.00 e. The first-order chi connectivity index (χ1) is 5.52. The molecule has 0 bridgehead atoms. The summed E-state index contributed by atoms with van der Waals surface area (Å²) in [7, 11) is 0. The van der Waals surface area contributed by atoms with Gasteiger partial charge in [-0.1, -0.05) is 0 Å². The molecule has 6 nitrogen and oxygen atoms in total. The van der Waals surface area contributed by atoms with E-state index in [0.29, 0.717) is 0 Å². The zero-order chi connectivity index (χ0) is 9.56. The van der Waals surface area contributed by atoms with Crippen LogP contribution in [0.1, 0.15) is 0 Å². The maximum absolute atomic E-state index is 8.65. The van der Waals surface area contributed by atoms with E-state index in [-0.39, 0.29) is 115 Å². The summed E-state index contributed by atoms with van der Waals surface area (Å²) in [6.07, 6.45) is -2.08. The van der Waals surface area contributed by atoms with Crippen LogP contribution in [0.2, 0.25) is 0 Å². The maximum atomic E-state index is 8.65. The summed E-state index contributed by atoms with van der Waals surface area (Å²) in [5.41, 5.74) is 0. The van der Waals surface area contributed by atoms with Crippen molar-refractivity contribution in [1.82, 2.24) is 0 Å². The smallest absolute Gasteiger partial charge is 1.00 e. The van der Waals surface area contributed by atoms with Crippen LogP contribution in [0.25, 0.3) is 0 Å². The zero-order valence-corrected chi connectivity index (χ0v) is 15.6. The Morgan fingerprint density at radius 1 is 1.06 bits per heavy atom. The van der Waals surface area contributed by atoms with Crippen LogP contribution in [0.4, 0.5) is 4.79 Å². The van der Waals surface area contributed by atoms with Gasteiger partial charge >= 0.3 is 80.9 Å². The average molecular weight is 331 g/mol. The van der Waals surface area contributed by atoms with Crippen LogP contribution in [0.15, 0.2) is 24.3 Å². The molecule has 0 spiro atoms. The molecule has 0 aliphatic rings. The molecule has 1 aromatic carbocycles. The molecule has 0 aromatic heterocycles. The standard InChI is InChI=1S/C6H6O2.CH2O3.BrH.K.Na.H2O/c7-5-1-2-6(8)4-3-5;2-1(3)4;;;;/h1-4,7-8H;(H2,2,3,4);1H;;;1H2/q;;;2*+1;/p-2. The van der Waals surface area contributed by atoms with Gasteiger partial charge in [-0.05, 0) is 24.3 Å². The van der Waals surface area contributed by atoms with Crippen LogP contribution >= 0.6 is 0 Å². The summed E-state index contributed by atoms with van der Waals surface area (Å²) in [5, 5.41) is 32.6. The number of halogens is 1. The van der Waals surface area contributed by atoms with Crippen LogP contribution in [0, 0.1) is 0 Å². The van der Waals surface area contributed by atoms with Crippen LogP contribution in [0.3, 0.4) is 0 Å². The molecule has 0 amide bonds. The average Bonchev–Trinajstić information content (AvgIpc) is 1.94. The number of phenolic OH excluding ortho intramolecular Hbond substituents is 2. The number of hydrogen-bond acceptors (Lipinski definition) is 4. The van der Waals surface area contributed by atoms with Crippen molar-refractivity contribution in [1.29, 1.82) is 0 Å². The van der Waals surface area contributed by atoms with Gasteiger partial charge < -0.3 is 47.7 Å². The van der Waals surface area contributed by atoms with Gasteiger partial charge in [-0.15, -0.1) is 0 Å². The van der Waals surface area contributed by atoms with E-state index in [1.54, 1.807) is 0 Å². The van der Waals surface area contributed by atoms with E-state index in [1.165, 1.54) is 24.3 Å². The molecule has 0 aliphatic heterocycles. The van der Waals surface area contributed by atoms with Crippen molar-refractivity contribution in [2.75, 3.05) is 0 Å². The first kappa shape index (κ1) is 30.3. The van der Waals surface area contributed by atoms with Crippen molar-refractivity contribution in [2.24, 2.45) is 0 Å². The van der Waals surface area contributed by atoms with Crippen molar-refractivity contribution >= 4 is 6.16 Å². The van der Waals surface area contributed by atoms with Crippen LogP contribution in [0.5, 0.6) is 11.5 Å². The molecule has 0 heterocycles. The summed E-state index contributed by atoms with van der Waals surface area (Å²) in [4.78, 5) is 8.44. The summed E-state index contributed by atoms with van der Waals surface area (Å²) in [6.45, 7) is 0. The first-order valence-electron chi connectivity index (χ1n) is 2.90. The number of carbonyl (C=O) groups is 1. The summed E-state index contributed by atoms with van der Waals surface area (Å²) >= 11 is 0. The largest absolute Gasteiger partial charge is 1.00 e. The first-order valence-corrected chi connectivity index (χ1v) is 2.90. The predicted octanol–water partition coefficient (Wildman–Crippen LogP) is -9.83. The third-order valence-corrected chi connectivity index (χ3v) is 0.850. The van der Waals surface area contributed by atoms with E-state index in [9.17, 15) is 0 Å². The quantitative estimate of drug-likeness (QED) is 0.321. The van der Waals surface area contributed by atoms with E-state index >= 15 is 0 Å². The van der Waals surface area contributed by atoms with Gasteiger partial charge in [0.2, 0.25) is 6.16 Å². The third-order valence-electron chi connectivity index (χ3n) is 0.850. The number of aromatic hydroxyl groups is 2. The molecule has 0 fully saturated rings. The molecule has 16 heavy (non-hydrogen) atoms. The van der Waals surface area contributed by atoms with E-state index < -0.39 is 6.16 Å². The van der Waals surface area contributed by atoms with Gasteiger partial charge in [-0.2, -0.15) is 0 Å². The van der Waals surface area contributed by atoms with E-state index in [0.717, 1.165) is 0 Å². The van der Waals surface area contributed by atoms with Crippen molar-refractivity contribution in [2.45, 2.75) is 0 Å². The second-order valence-electron chi connectivity index (χ2n) is 1.78. The predicted molar refractivity (Wildman–Crippen MR) is 41.4 cm³/mol. The van der Waals surface area contributed by atoms with Gasteiger partial charge in [0.15, 0.2) is 0 Å². The Bertz CT molecular complexity index is 233. The fraction of sp³-hybridized carbons (Fsp3) is 0. The van der Waals surface area contributed by atoms with Gasteiger partial charge in [-0.25, -0.2) is 0 Å². The topological polar surface area (TPSA) is 132 Å². The molecule has 0 saturated carbocycles. The molecular formula is C7H9BrKNaO6. The molecule has 0 radical (unpaired) electrons. The Morgan fingerprint density at radius 2 is 1.19 bits per heavy atom. The van der Waals surface area contributed by atoms with Gasteiger partial charge in [0.1, 0.15) is 11.5 Å². The van der Waals surface area contributed by atoms with E-state index in [2.05, 4.69) is 0 Å². The zero-order valence-electron chi connectivity index (χ0n) is 8.85. The Morgan fingerprint density at radius 3 is 1.31 bits per heavy atom. The molecule has 0 saturated heterocycles. The Balaban J connectivity index is -0.0000000458. The molecular weight excluding hydrogens is 322 g/mol. The molecule has 5 N–H and O–H groups in total. The Hall–Kier alpha value is 1.17. The molecule has 1 aromatic rings. The monoisotopic (exact) mass is 330 g/mol. The van der Waals surface area contributed by atoms with Gasteiger partial charge in [0.05, 0.1) is 0 Å². The SMILES string of the molecule is O.O=C([O-])O.Oc1ccc(O)cc1.[Br-].[K+].[Na+]. The van der Waals surface area contributed by atoms with Crippen molar-refractivity contribution in [3.05, 3.63) is 24.3 Å². The summed E-state index contributed by atoms with van der Waals surface area (Å²) in [5.74, 6) is 0.339.